The average Bonchev–Trinajstić information content (AvgIpc) is 3.30. The van der Waals surface area contributed by atoms with Crippen molar-refractivity contribution in [3.63, 3.8) is 0 Å². The number of fused-ring (bicyclic) bond motifs is 1. The van der Waals surface area contributed by atoms with Gasteiger partial charge in [0.05, 0.1) is 17.8 Å². The number of aryl methyl sites for hydroxylation is 2. The van der Waals surface area contributed by atoms with Crippen LogP contribution >= 0.6 is 0 Å². The van der Waals surface area contributed by atoms with Crippen LogP contribution in [0, 0.1) is 19.8 Å². The van der Waals surface area contributed by atoms with E-state index in [-0.39, 0.29) is 18.2 Å². The van der Waals surface area contributed by atoms with Gasteiger partial charge in [-0.25, -0.2) is 19.4 Å². The van der Waals surface area contributed by atoms with Crippen molar-refractivity contribution in [1.29, 1.82) is 0 Å². The number of nitrogens with zero attached hydrogens (tertiary/aromatic N) is 6. The molecule has 0 radical (unpaired) electrons. The molecular weight excluding hydrogens is 487 g/mol. The molecule has 9 nitrogen and oxygen atoms in total. The van der Waals surface area contributed by atoms with Gasteiger partial charge in [0.15, 0.2) is 11.5 Å². The lowest BCUT2D eigenvalue weighted by molar-refractivity contribution is -0.137. The molecule has 1 saturated carbocycles. The molecule has 37 heavy (non-hydrogen) atoms. The molecule has 2 N–H and O–H groups in total. The summed E-state index contributed by atoms with van der Waals surface area (Å²) in [6.45, 7) is 5.86. The zero-order chi connectivity index (χ0) is 26.5. The summed E-state index contributed by atoms with van der Waals surface area (Å²) in [6.07, 6.45) is -1.17. The second-order valence-electron chi connectivity index (χ2n) is 9.53. The number of carbonyl (C=O) groups is 1. The van der Waals surface area contributed by atoms with Crippen LogP contribution in [0.2, 0.25) is 0 Å². The summed E-state index contributed by atoms with van der Waals surface area (Å²) in [5, 5.41) is 17.5. The van der Waals surface area contributed by atoms with E-state index in [9.17, 15) is 23.1 Å². The van der Waals surface area contributed by atoms with Crippen LogP contribution in [0.1, 0.15) is 59.3 Å². The van der Waals surface area contributed by atoms with Crippen LogP contribution in [0.15, 0.2) is 30.3 Å². The smallest absolute Gasteiger partial charge is 0.416 e. The van der Waals surface area contributed by atoms with Crippen molar-refractivity contribution in [2.45, 2.75) is 58.8 Å². The second-order valence-corrected chi connectivity index (χ2v) is 9.53. The molecule has 0 unspecified atom stereocenters. The summed E-state index contributed by atoms with van der Waals surface area (Å²) in [5.41, 5.74) is 2.00. The molecule has 3 aromatic heterocycles. The van der Waals surface area contributed by atoms with Crippen molar-refractivity contribution >= 4 is 23.0 Å². The quantitative estimate of drug-likeness (QED) is 0.358. The lowest BCUT2D eigenvalue weighted by atomic mass is 9.80. The third kappa shape index (κ3) is 4.75. The Morgan fingerprint density at radius 1 is 1.16 bits per heavy atom. The third-order valence-electron chi connectivity index (χ3n) is 6.82. The molecule has 4 aromatic rings. The van der Waals surface area contributed by atoms with Crippen molar-refractivity contribution < 1.29 is 23.1 Å². The number of imidazole rings is 1. The first-order valence-electron chi connectivity index (χ1n) is 12.0. The molecule has 0 aliphatic heterocycles. The fraction of sp³-hybridized carbons (Fsp3) is 0.400. The Kier molecular flexibility index (Phi) is 6.12. The Hall–Kier alpha value is -3.96. The van der Waals surface area contributed by atoms with Gasteiger partial charge in [0, 0.05) is 11.7 Å². The minimum absolute atomic E-state index is 0.0278. The summed E-state index contributed by atoms with van der Waals surface area (Å²) in [6, 6.07) is 6.79. The highest BCUT2D eigenvalue weighted by atomic mass is 19.4. The Morgan fingerprint density at radius 3 is 2.41 bits per heavy atom. The van der Waals surface area contributed by atoms with E-state index in [0.717, 1.165) is 42.8 Å². The van der Waals surface area contributed by atoms with E-state index >= 15 is 0 Å². The van der Waals surface area contributed by atoms with E-state index in [4.69, 9.17) is 0 Å². The molecule has 1 aliphatic rings. The van der Waals surface area contributed by atoms with Crippen molar-refractivity contribution in [3.8, 4) is 5.95 Å². The van der Waals surface area contributed by atoms with Crippen molar-refractivity contribution in [3.05, 3.63) is 58.7 Å². The van der Waals surface area contributed by atoms with Crippen LogP contribution in [0.3, 0.4) is 0 Å². The van der Waals surface area contributed by atoms with E-state index in [0.29, 0.717) is 28.8 Å². The van der Waals surface area contributed by atoms with Gasteiger partial charge in [0.25, 0.3) is 0 Å². The number of rotatable bonds is 7. The van der Waals surface area contributed by atoms with Gasteiger partial charge in [-0.05, 0) is 63.3 Å². The number of aromatic carboxylic acids is 1. The molecule has 1 fully saturated rings. The lowest BCUT2D eigenvalue weighted by Gasteiger charge is -2.32. The van der Waals surface area contributed by atoms with E-state index in [1.807, 2.05) is 26.8 Å². The fourth-order valence-corrected chi connectivity index (χ4v) is 4.62. The van der Waals surface area contributed by atoms with Crippen LogP contribution in [0.25, 0.3) is 17.1 Å². The van der Waals surface area contributed by atoms with Crippen molar-refractivity contribution in [2.24, 2.45) is 5.92 Å². The maximum atomic E-state index is 13.1. The number of hydrogen-bond acceptors (Lipinski definition) is 6. The number of aromatic nitrogens is 6. The maximum absolute atomic E-state index is 13.1. The maximum Gasteiger partial charge on any atom is 0.416 e. The molecule has 0 spiro atoms. The highest BCUT2D eigenvalue weighted by Crippen LogP contribution is 2.33. The van der Waals surface area contributed by atoms with Crippen LogP contribution < -0.4 is 5.32 Å². The van der Waals surface area contributed by atoms with Crippen LogP contribution in [0.4, 0.5) is 19.0 Å². The summed E-state index contributed by atoms with van der Waals surface area (Å²) in [5.74, 6) is -0.577. The Labute approximate surface area is 210 Å². The Balaban J connectivity index is 1.69. The average molecular weight is 514 g/mol. The van der Waals surface area contributed by atoms with Gasteiger partial charge in [0.1, 0.15) is 5.52 Å². The first kappa shape index (κ1) is 24.7. The summed E-state index contributed by atoms with van der Waals surface area (Å²) in [4.78, 5) is 24.9. The normalized spacial score (nSPS) is 15.1. The van der Waals surface area contributed by atoms with Crippen molar-refractivity contribution in [2.75, 3.05) is 5.32 Å². The Bertz CT molecular complexity index is 1470. The molecule has 1 aromatic carbocycles. The molecule has 1 aliphatic carbocycles. The summed E-state index contributed by atoms with van der Waals surface area (Å²) >= 11 is 0. The second kappa shape index (κ2) is 9.16. The van der Waals surface area contributed by atoms with Gasteiger partial charge in [-0.2, -0.15) is 23.3 Å². The summed E-state index contributed by atoms with van der Waals surface area (Å²) in [7, 11) is 0. The molecular formula is C25H26F3N7O2. The van der Waals surface area contributed by atoms with E-state index < -0.39 is 23.5 Å². The highest BCUT2D eigenvalue weighted by molar-refractivity contribution is 5.91. The molecule has 12 heteroatoms. The monoisotopic (exact) mass is 513 g/mol. The van der Waals surface area contributed by atoms with E-state index in [1.165, 1.54) is 12.1 Å². The van der Waals surface area contributed by atoms with Gasteiger partial charge in [-0.15, -0.1) is 0 Å². The number of carboxylic acids is 1. The number of benzene rings is 1. The third-order valence-corrected chi connectivity index (χ3v) is 6.82. The van der Waals surface area contributed by atoms with E-state index in [2.05, 4.69) is 25.4 Å². The molecule has 5 rings (SSSR count). The number of anilines is 1. The zero-order valence-corrected chi connectivity index (χ0v) is 20.5. The predicted octanol–water partition coefficient (Wildman–Crippen LogP) is 4.99. The van der Waals surface area contributed by atoms with Gasteiger partial charge < -0.3 is 10.4 Å². The number of halogens is 3. The highest BCUT2D eigenvalue weighted by Gasteiger charge is 2.31. The van der Waals surface area contributed by atoms with Gasteiger partial charge >= 0.3 is 12.1 Å². The van der Waals surface area contributed by atoms with Crippen LogP contribution in [-0.4, -0.2) is 46.4 Å². The number of alkyl halides is 3. The molecule has 194 valence electrons. The fourth-order valence-electron chi connectivity index (χ4n) is 4.62. The zero-order valence-electron chi connectivity index (χ0n) is 20.5. The summed E-state index contributed by atoms with van der Waals surface area (Å²) < 4.78 is 42.7. The molecule has 0 bridgehead atoms. The molecule has 0 saturated heterocycles. The van der Waals surface area contributed by atoms with E-state index in [1.54, 1.807) is 9.25 Å². The van der Waals surface area contributed by atoms with Gasteiger partial charge in [-0.1, -0.05) is 18.6 Å². The number of hydrogen-bond donors (Lipinski definition) is 2. The standard InChI is InChI=1S/C25H26F3N7O2/c1-13-11-14(2)35(33-13)24-32-21-19(34(24)12-16-7-9-18(10-8-16)25(26,27)28)20(30-22(31-21)23(36)37)29-15(3)17-5-4-6-17/h7-11,15,17H,4-6,12H2,1-3H3,(H,36,37)(H,29,30,31)/t15-/m1/s1. The minimum Gasteiger partial charge on any atom is -0.475 e. The SMILES string of the molecule is Cc1cc(C)n(-c2nc3nc(C(=O)O)nc(N[C@H](C)C4CCC4)c3n2Cc2ccc(C(F)(F)F)cc2)n1. The van der Waals surface area contributed by atoms with Crippen LogP contribution in [-0.2, 0) is 12.7 Å². The number of carboxylic acid groups (broad SMARTS) is 1. The lowest BCUT2D eigenvalue weighted by Crippen LogP contribution is -2.31. The topological polar surface area (TPSA) is 111 Å². The van der Waals surface area contributed by atoms with Gasteiger partial charge in [-0.3, -0.25) is 4.57 Å². The predicted molar refractivity (Wildman–Crippen MR) is 130 cm³/mol. The molecule has 0 amide bonds. The minimum atomic E-state index is -4.44. The van der Waals surface area contributed by atoms with Crippen molar-refractivity contribution in [1.82, 2.24) is 29.3 Å². The van der Waals surface area contributed by atoms with Crippen LogP contribution in [0.5, 0.6) is 0 Å². The van der Waals surface area contributed by atoms with Gasteiger partial charge in [0.2, 0.25) is 11.8 Å². The number of nitrogens with one attached hydrogen (secondary N) is 1. The molecule has 3 heterocycles. The first-order chi connectivity index (χ1) is 17.5. The molecule has 1 atom stereocenters. The largest absolute Gasteiger partial charge is 0.475 e. The Morgan fingerprint density at radius 2 is 1.86 bits per heavy atom. The first-order valence-corrected chi connectivity index (χ1v) is 12.0.